The molecule has 0 heterocycles. The Balaban J connectivity index is 2.35. The van der Waals surface area contributed by atoms with Gasteiger partial charge >= 0.3 is 0 Å². The van der Waals surface area contributed by atoms with Crippen LogP contribution < -0.4 is 4.72 Å². The Morgan fingerprint density at radius 1 is 0.913 bits per heavy atom. The van der Waals surface area contributed by atoms with Crippen molar-refractivity contribution in [2.75, 3.05) is 0 Å². The van der Waals surface area contributed by atoms with Crippen molar-refractivity contribution in [2.45, 2.75) is 24.8 Å². The molecule has 0 amide bonds. The molecule has 124 valence electrons. The fourth-order valence-electron chi connectivity index (χ4n) is 2.14. The molecule has 7 heteroatoms. The number of hydrogen-bond donors (Lipinski definition) is 1. The zero-order chi connectivity index (χ0) is 17.2. The minimum atomic E-state index is -4.05. The molecule has 0 fully saturated rings. The fraction of sp³-hybridized carbons (Fsp3) is 0.250. The highest BCUT2D eigenvalue weighted by molar-refractivity contribution is 7.89. The van der Waals surface area contributed by atoms with E-state index in [0.29, 0.717) is 11.6 Å². The number of halogens is 3. The van der Waals surface area contributed by atoms with Crippen LogP contribution in [0.3, 0.4) is 0 Å². The van der Waals surface area contributed by atoms with Crippen LogP contribution in [0.15, 0.2) is 47.4 Å². The van der Waals surface area contributed by atoms with Crippen molar-refractivity contribution in [3.8, 4) is 0 Å². The molecule has 0 aliphatic rings. The lowest BCUT2D eigenvalue weighted by Crippen LogP contribution is -2.32. The largest absolute Gasteiger partial charge is 0.241 e. The third-order valence-corrected chi connectivity index (χ3v) is 4.82. The van der Waals surface area contributed by atoms with Crippen molar-refractivity contribution in [1.29, 1.82) is 0 Å². The Bertz CT molecular complexity index is 789. The highest BCUT2D eigenvalue weighted by atomic mass is 32.2. The summed E-state index contributed by atoms with van der Waals surface area (Å²) in [7, 11) is -4.05. The van der Waals surface area contributed by atoms with Crippen LogP contribution in [0.4, 0.5) is 13.2 Å². The van der Waals surface area contributed by atoms with Crippen molar-refractivity contribution >= 4 is 10.0 Å². The summed E-state index contributed by atoms with van der Waals surface area (Å²) >= 11 is 0. The summed E-state index contributed by atoms with van der Waals surface area (Å²) in [4.78, 5) is -0.371. The second-order valence-corrected chi connectivity index (χ2v) is 7.18. The van der Waals surface area contributed by atoms with Crippen LogP contribution in [0.2, 0.25) is 0 Å². The van der Waals surface area contributed by atoms with E-state index in [2.05, 4.69) is 4.72 Å². The Hall–Kier alpha value is -1.86. The SMILES string of the molecule is CC(C)C(NS(=O)(=O)c1ccc(F)c(F)c1)c1ccc(F)cc1. The normalized spacial score (nSPS) is 13.3. The highest BCUT2D eigenvalue weighted by Gasteiger charge is 2.24. The molecule has 0 spiro atoms. The molecule has 3 nitrogen and oxygen atoms in total. The smallest absolute Gasteiger partial charge is 0.207 e. The molecule has 2 aromatic rings. The summed E-state index contributed by atoms with van der Waals surface area (Å²) in [6.07, 6.45) is 0. The molecule has 1 unspecified atom stereocenters. The third kappa shape index (κ3) is 4.11. The Kier molecular flexibility index (Phi) is 5.11. The van der Waals surface area contributed by atoms with E-state index in [4.69, 9.17) is 0 Å². The first-order chi connectivity index (χ1) is 10.7. The fourth-order valence-corrected chi connectivity index (χ4v) is 3.52. The second kappa shape index (κ2) is 6.72. The van der Waals surface area contributed by atoms with E-state index in [1.54, 1.807) is 13.8 Å². The molecular formula is C16H16F3NO2S. The van der Waals surface area contributed by atoms with Gasteiger partial charge in [-0.15, -0.1) is 0 Å². The monoisotopic (exact) mass is 343 g/mol. The van der Waals surface area contributed by atoms with Crippen LogP contribution in [0.1, 0.15) is 25.5 Å². The van der Waals surface area contributed by atoms with Gasteiger partial charge in [0.15, 0.2) is 11.6 Å². The van der Waals surface area contributed by atoms with Gasteiger partial charge in [-0.1, -0.05) is 26.0 Å². The van der Waals surface area contributed by atoms with Gasteiger partial charge in [0.25, 0.3) is 0 Å². The summed E-state index contributed by atoms with van der Waals surface area (Å²) in [6.45, 7) is 3.59. The first-order valence-electron chi connectivity index (χ1n) is 6.93. The molecule has 0 aliphatic carbocycles. The summed E-state index contributed by atoms with van der Waals surface area (Å²) in [5, 5.41) is 0. The summed E-state index contributed by atoms with van der Waals surface area (Å²) in [5.41, 5.74) is 0.576. The topological polar surface area (TPSA) is 46.2 Å². The number of nitrogens with one attached hydrogen (secondary N) is 1. The first kappa shape index (κ1) is 17.5. The van der Waals surface area contributed by atoms with E-state index in [0.717, 1.165) is 12.1 Å². The van der Waals surface area contributed by atoms with Crippen LogP contribution in [0.25, 0.3) is 0 Å². The predicted molar refractivity (Wildman–Crippen MR) is 80.7 cm³/mol. The van der Waals surface area contributed by atoms with Gasteiger partial charge < -0.3 is 0 Å². The lowest BCUT2D eigenvalue weighted by Gasteiger charge is -2.23. The average molecular weight is 343 g/mol. The predicted octanol–water partition coefficient (Wildman–Crippen LogP) is 3.78. The van der Waals surface area contributed by atoms with Gasteiger partial charge in [-0.25, -0.2) is 26.3 Å². The van der Waals surface area contributed by atoms with E-state index < -0.39 is 33.5 Å². The molecule has 0 saturated heterocycles. The van der Waals surface area contributed by atoms with E-state index in [1.165, 1.54) is 24.3 Å². The lowest BCUT2D eigenvalue weighted by molar-refractivity contribution is 0.461. The Morgan fingerprint density at radius 3 is 2.04 bits per heavy atom. The standard InChI is InChI=1S/C16H16F3NO2S/c1-10(2)16(11-3-5-12(17)6-4-11)20-23(21,22)13-7-8-14(18)15(19)9-13/h3-10,16,20H,1-2H3. The molecule has 23 heavy (non-hydrogen) atoms. The number of hydrogen-bond acceptors (Lipinski definition) is 2. The van der Waals surface area contributed by atoms with Gasteiger partial charge in [-0.05, 0) is 41.8 Å². The van der Waals surface area contributed by atoms with Gasteiger partial charge in [-0.2, -0.15) is 0 Å². The van der Waals surface area contributed by atoms with Crippen molar-refractivity contribution in [3.05, 3.63) is 65.5 Å². The van der Waals surface area contributed by atoms with Gasteiger partial charge in [0.1, 0.15) is 5.82 Å². The van der Waals surface area contributed by atoms with E-state index in [1.807, 2.05) is 0 Å². The maximum absolute atomic E-state index is 13.3. The Morgan fingerprint density at radius 2 is 1.52 bits per heavy atom. The number of rotatable bonds is 5. The molecule has 0 radical (unpaired) electrons. The van der Waals surface area contributed by atoms with E-state index >= 15 is 0 Å². The van der Waals surface area contributed by atoms with E-state index in [-0.39, 0.29) is 10.8 Å². The summed E-state index contributed by atoms with van der Waals surface area (Å²) in [5.74, 6) is -2.93. The Labute approximate surface area is 133 Å². The molecule has 0 bridgehead atoms. The molecule has 1 atom stereocenters. The van der Waals surface area contributed by atoms with E-state index in [9.17, 15) is 21.6 Å². The third-order valence-electron chi connectivity index (χ3n) is 3.38. The van der Waals surface area contributed by atoms with Crippen molar-refractivity contribution in [3.63, 3.8) is 0 Å². The number of benzene rings is 2. The molecule has 1 N–H and O–H groups in total. The molecule has 0 aromatic heterocycles. The minimum Gasteiger partial charge on any atom is -0.207 e. The van der Waals surface area contributed by atoms with Gasteiger partial charge in [0.05, 0.1) is 4.90 Å². The van der Waals surface area contributed by atoms with Gasteiger partial charge in [0, 0.05) is 6.04 Å². The lowest BCUT2D eigenvalue weighted by atomic mass is 9.97. The molecule has 0 aliphatic heterocycles. The minimum absolute atomic E-state index is 0.138. The highest BCUT2D eigenvalue weighted by Crippen LogP contribution is 2.25. The quantitative estimate of drug-likeness (QED) is 0.898. The maximum Gasteiger partial charge on any atom is 0.241 e. The summed E-state index contributed by atoms with van der Waals surface area (Å²) in [6, 6.07) is 7.16. The van der Waals surface area contributed by atoms with Crippen LogP contribution in [0.5, 0.6) is 0 Å². The second-order valence-electron chi connectivity index (χ2n) is 5.47. The number of sulfonamides is 1. The van der Waals surface area contributed by atoms with Gasteiger partial charge in [0.2, 0.25) is 10.0 Å². The van der Waals surface area contributed by atoms with Crippen LogP contribution >= 0.6 is 0 Å². The molecule has 2 aromatic carbocycles. The van der Waals surface area contributed by atoms with Crippen LogP contribution in [-0.2, 0) is 10.0 Å². The van der Waals surface area contributed by atoms with Crippen molar-refractivity contribution in [1.82, 2.24) is 4.72 Å². The van der Waals surface area contributed by atoms with Crippen LogP contribution in [-0.4, -0.2) is 8.42 Å². The molecular weight excluding hydrogens is 327 g/mol. The van der Waals surface area contributed by atoms with Crippen molar-refractivity contribution in [2.24, 2.45) is 5.92 Å². The first-order valence-corrected chi connectivity index (χ1v) is 8.42. The van der Waals surface area contributed by atoms with Crippen LogP contribution in [0, 0.1) is 23.4 Å². The van der Waals surface area contributed by atoms with Gasteiger partial charge in [-0.3, -0.25) is 0 Å². The van der Waals surface area contributed by atoms with Crippen molar-refractivity contribution < 1.29 is 21.6 Å². The molecule has 0 saturated carbocycles. The summed E-state index contributed by atoms with van der Waals surface area (Å²) < 4.78 is 66.4. The molecule has 2 rings (SSSR count). The maximum atomic E-state index is 13.3. The average Bonchev–Trinajstić information content (AvgIpc) is 2.48. The zero-order valence-corrected chi connectivity index (χ0v) is 13.4. The zero-order valence-electron chi connectivity index (χ0n) is 12.6.